The molecule has 0 atom stereocenters. The number of benzene rings is 2. The molecule has 0 unspecified atom stereocenters. The fourth-order valence-electron chi connectivity index (χ4n) is 3.64. The maximum absolute atomic E-state index is 12.6. The SMILES string of the molecule is C/C(=N/NC(=O)c1ccc2c(=O)n3c(nc2c1)CCC3)c1cccc(-n2cnnn2)c1. The molecular weight excluding hydrogens is 396 g/mol. The molecule has 3 heterocycles. The summed E-state index contributed by atoms with van der Waals surface area (Å²) in [5.74, 6) is 0.395. The first-order valence-electron chi connectivity index (χ1n) is 9.82. The van der Waals surface area contributed by atoms with E-state index in [2.05, 4.69) is 31.0 Å². The number of tetrazole rings is 1. The van der Waals surface area contributed by atoms with E-state index in [0.717, 1.165) is 29.9 Å². The summed E-state index contributed by atoms with van der Waals surface area (Å²) in [5.41, 5.74) is 5.66. The van der Waals surface area contributed by atoms with Gasteiger partial charge in [-0.1, -0.05) is 12.1 Å². The lowest BCUT2D eigenvalue weighted by atomic mass is 10.1. The zero-order valence-corrected chi connectivity index (χ0v) is 16.7. The predicted molar refractivity (Wildman–Crippen MR) is 113 cm³/mol. The molecule has 31 heavy (non-hydrogen) atoms. The van der Waals surface area contributed by atoms with Crippen LogP contribution in [0.25, 0.3) is 16.6 Å². The first kappa shape index (κ1) is 18.8. The third-order valence-corrected chi connectivity index (χ3v) is 5.28. The van der Waals surface area contributed by atoms with E-state index in [-0.39, 0.29) is 11.5 Å². The number of aromatic nitrogens is 6. The lowest BCUT2D eigenvalue weighted by Gasteiger charge is -2.07. The van der Waals surface area contributed by atoms with E-state index >= 15 is 0 Å². The topological polar surface area (TPSA) is 120 Å². The molecule has 0 fully saturated rings. The summed E-state index contributed by atoms with van der Waals surface area (Å²) < 4.78 is 3.25. The number of hydrogen-bond donors (Lipinski definition) is 1. The fraction of sp³-hybridized carbons (Fsp3) is 0.190. The van der Waals surface area contributed by atoms with Crippen LogP contribution in [0.15, 0.2) is 58.7 Å². The van der Waals surface area contributed by atoms with Gasteiger partial charge >= 0.3 is 0 Å². The number of carbonyl (C=O) groups is 1. The third kappa shape index (κ3) is 3.48. The highest BCUT2D eigenvalue weighted by molar-refractivity contribution is 6.02. The van der Waals surface area contributed by atoms with Gasteiger partial charge in [0, 0.05) is 18.5 Å². The molecule has 10 nitrogen and oxygen atoms in total. The standard InChI is InChI=1S/C21H18N8O2/c1-13(14-4-2-5-16(10-14)29-12-22-26-27-29)24-25-20(30)15-7-8-17-18(11-15)23-19-6-3-9-28(19)21(17)31/h2,4-5,7-8,10-12H,3,6,9H2,1H3,(H,25,30)/b24-13-. The largest absolute Gasteiger partial charge is 0.296 e. The molecule has 5 rings (SSSR count). The average Bonchev–Trinajstić information content (AvgIpc) is 3.49. The summed E-state index contributed by atoms with van der Waals surface area (Å²) in [6.45, 7) is 2.49. The summed E-state index contributed by atoms with van der Waals surface area (Å²) in [5, 5.41) is 15.9. The highest BCUT2D eigenvalue weighted by Gasteiger charge is 2.17. The van der Waals surface area contributed by atoms with Crippen LogP contribution in [-0.2, 0) is 13.0 Å². The smallest absolute Gasteiger partial charge is 0.271 e. The number of hydrazone groups is 1. The van der Waals surface area contributed by atoms with E-state index in [1.54, 1.807) is 29.7 Å². The van der Waals surface area contributed by atoms with Crippen LogP contribution in [0.5, 0.6) is 0 Å². The lowest BCUT2D eigenvalue weighted by Crippen LogP contribution is -2.22. The fourth-order valence-corrected chi connectivity index (χ4v) is 3.64. The van der Waals surface area contributed by atoms with Gasteiger partial charge in [-0.3, -0.25) is 14.2 Å². The number of carbonyl (C=O) groups excluding carboxylic acids is 1. The number of hydrogen-bond acceptors (Lipinski definition) is 7. The highest BCUT2D eigenvalue weighted by Crippen LogP contribution is 2.16. The van der Waals surface area contributed by atoms with E-state index in [0.29, 0.717) is 28.7 Å². The Balaban J connectivity index is 1.38. The number of amides is 1. The molecule has 2 aromatic carbocycles. The van der Waals surface area contributed by atoms with Gasteiger partial charge in [0.05, 0.1) is 22.3 Å². The lowest BCUT2D eigenvalue weighted by molar-refractivity contribution is 0.0955. The maximum atomic E-state index is 12.6. The maximum Gasteiger partial charge on any atom is 0.271 e. The second-order valence-corrected chi connectivity index (χ2v) is 7.26. The van der Waals surface area contributed by atoms with Crippen molar-refractivity contribution in [1.82, 2.24) is 35.2 Å². The number of nitrogens with zero attached hydrogens (tertiary/aromatic N) is 7. The van der Waals surface area contributed by atoms with Gasteiger partial charge in [-0.05, 0) is 59.7 Å². The normalized spacial score (nSPS) is 13.4. The number of aryl methyl sites for hydroxylation is 1. The van der Waals surface area contributed by atoms with Crippen LogP contribution in [0, 0.1) is 0 Å². The Morgan fingerprint density at radius 2 is 2.06 bits per heavy atom. The van der Waals surface area contributed by atoms with Crippen molar-refractivity contribution >= 4 is 22.5 Å². The average molecular weight is 414 g/mol. The summed E-state index contributed by atoms with van der Waals surface area (Å²) in [6, 6.07) is 12.4. The molecule has 1 amide bonds. The molecule has 0 saturated carbocycles. The van der Waals surface area contributed by atoms with Gasteiger partial charge in [0.1, 0.15) is 12.2 Å². The van der Waals surface area contributed by atoms with Gasteiger partial charge in [0.2, 0.25) is 0 Å². The van der Waals surface area contributed by atoms with Crippen molar-refractivity contribution in [2.75, 3.05) is 0 Å². The van der Waals surface area contributed by atoms with Crippen LogP contribution < -0.4 is 11.0 Å². The molecule has 0 aliphatic carbocycles. The van der Waals surface area contributed by atoms with Crippen LogP contribution >= 0.6 is 0 Å². The zero-order chi connectivity index (χ0) is 21.4. The van der Waals surface area contributed by atoms with Crippen molar-refractivity contribution in [3.63, 3.8) is 0 Å². The molecule has 4 aromatic rings. The minimum absolute atomic E-state index is 0.0548. The Morgan fingerprint density at radius 3 is 2.90 bits per heavy atom. The third-order valence-electron chi connectivity index (χ3n) is 5.28. The van der Waals surface area contributed by atoms with E-state index in [1.165, 1.54) is 11.0 Å². The van der Waals surface area contributed by atoms with Crippen LogP contribution in [0.3, 0.4) is 0 Å². The Bertz CT molecular complexity index is 1390. The molecule has 0 bridgehead atoms. The van der Waals surface area contributed by atoms with Crippen LogP contribution in [0.1, 0.15) is 35.1 Å². The van der Waals surface area contributed by atoms with Gasteiger partial charge in [-0.2, -0.15) is 5.10 Å². The summed E-state index contributed by atoms with van der Waals surface area (Å²) in [4.78, 5) is 29.8. The minimum Gasteiger partial charge on any atom is -0.296 e. The number of nitrogens with one attached hydrogen (secondary N) is 1. The van der Waals surface area contributed by atoms with Gasteiger partial charge < -0.3 is 0 Å². The number of fused-ring (bicyclic) bond motifs is 2. The molecule has 2 aromatic heterocycles. The molecule has 154 valence electrons. The monoisotopic (exact) mass is 414 g/mol. The van der Waals surface area contributed by atoms with E-state index in [9.17, 15) is 9.59 Å². The predicted octanol–water partition coefficient (Wildman–Crippen LogP) is 1.47. The summed E-state index contributed by atoms with van der Waals surface area (Å²) >= 11 is 0. The van der Waals surface area contributed by atoms with Crippen molar-refractivity contribution in [1.29, 1.82) is 0 Å². The van der Waals surface area contributed by atoms with Crippen LogP contribution in [0.2, 0.25) is 0 Å². The van der Waals surface area contributed by atoms with Crippen molar-refractivity contribution in [3.8, 4) is 5.69 Å². The van der Waals surface area contributed by atoms with Crippen molar-refractivity contribution in [3.05, 3.63) is 76.1 Å². The second kappa shape index (κ2) is 7.56. The molecule has 10 heteroatoms. The minimum atomic E-state index is -0.375. The molecule has 0 spiro atoms. The summed E-state index contributed by atoms with van der Waals surface area (Å²) in [6.07, 6.45) is 3.19. The van der Waals surface area contributed by atoms with Gasteiger partial charge in [-0.15, -0.1) is 5.10 Å². The molecule has 1 aliphatic heterocycles. The Kier molecular flexibility index (Phi) is 4.58. The van der Waals surface area contributed by atoms with Crippen molar-refractivity contribution in [2.24, 2.45) is 5.10 Å². The molecule has 0 radical (unpaired) electrons. The quantitative estimate of drug-likeness (QED) is 0.399. The van der Waals surface area contributed by atoms with Gasteiger partial charge in [0.25, 0.3) is 11.5 Å². The Hall–Kier alpha value is -4.21. The van der Waals surface area contributed by atoms with Crippen LogP contribution in [0.4, 0.5) is 0 Å². The van der Waals surface area contributed by atoms with Crippen molar-refractivity contribution < 1.29 is 4.79 Å². The van der Waals surface area contributed by atoms with Crippen LogP contribution in [-0.4, -0.2) is 41.4 Å². The first-order chi connectivity index (χ1) is 15.1. The molecule has 1 N–H and O–H groups in total. The van der Waals surface area contributed by atoms with E-state index < -0.39 is 0 Å². The molecular formula is C21H18N8O2. The zero-order valence-electron chi connectivity index (χ0n) is 16.7. The van der Waals surface area contributed by atoms with Gasteiger partial charge in [0.15, 0.2) is 0 Å². The second-order valence-electron chi connectivity index (χ2n) is 7.26. The van der Waals surface area contributed by atoms with Gasteiger partial charge in [-0.25, -0.2) is 15.1 Å². The first-order valence-corrected chi connectivity index (χ1v) is 9.82. The Labute approximate surface area is 176 Å². The summed E-state index contributed by atoms with van der Waals surface area (Å²) in [7, 11) is 0. The van der Waals surface area contributed by atoms with E-state index in [4.69, 9.17) is 0 Å². The highest BCUT2D eigenvalue weighted by atomic mass is 16.2. The number of rotatable bonds is 4. The molecule has 1 aliphatic rings. The van der Waals surface area contributed by atoms with Crippen molar-refractivity contribution in [2.45, 2.75) is 26.3 Å². The molecule has 0 saturated heterocycles. The van der Waals surface area contributed by atoms with E-state index in [1.807, 2.05) is 24.3 Å². The Morgan fingerprint density at radius 1 is 1.16 bits per heavy atom.